The second-order valence-electron chi connectivity index (χ2n) is 5.68. The van der Waals surface area contributed by atoms with Gasteiger partial charge in [-0.05, 0) is 46.0 Å². The Hall–Kier alpha value is -0.600. The van der Waals surface area contributed by atoms with Crippen LogP contribution >= 0.6 is 0 Å². The van der Waals surface area contributed by atoms with Crippen LogP contribution in [-0.4, -0.2) is 19.5 Å². The van der Waals surface area contributed by atoms with E-state index in [9.17, 15) is 0 Å². The summed E-state index contributed by atoms with van der Waals surface area (Å²) in [5.74, 6) is 0. The molecule has 0 amide bonds. The van der Waals surface area contributed by atoms with Crippen LogP contribution in [0.5, 0.6) is 0 Å². The maximum Gasteiger partial charge on any atom is 0.157 e. The van der Waals surface area contributed by atoms with Crippen molar-refractivity contribution in [2.45, 2.75) is 91.3 Å². The van der Waals surface area contributed by atoms with Gasteiger partial charge in [0.25, 0.3) is 0 Å². The van der Waals surface area contributed by atoms with Gasteiger partial charge in [-0.25, -0.2) is 0 Å². The van der Waals surface area contributed by atoms with E-state index in [1.54, 1.807) is 0 Å². The highest BCUT2D eigenvalue weighted by molar-refractivity contribution is 5.02. The molecule has 0 aliphatic heterocycles. The van der Waals surface area contributed by atoms with Crippen LogP contribution in [0.25, 0.3) is 0 Å². The van der Waals surface area contributed by atoms with Crippen molar-refractivity contribution in [1.29, 1.82) is 0 Å². The average molecular weight is 311 g/mol. The van der Waals surface area contributed by atoms with E-state index in [1.807, 2.05) is 13.8 Å². The minimum atomic E-state index is 0.0115. The van der Waals surface area contributed by atoms with Gasteiger partial charge in [0.1, 0.15) is 0 Å². The highest BCUT2D eigenvalue weighted by Gasteiger charge is 2.06. The van der Waals surface area contributed by atoms with E-state index in [0.717, 1.165) is 19.6 Å². The van der Waals surface area contributed by atoms with Crippen LogP contribution in [0.2, 0.25) is 0 Å². The molecular weight excluding hydrogens is 272 g/mol. The van der Waals surface area contributed by atoms with Crippen LogP contribution in [0.3, 0.4) is 0 Å². The third-order valence-corrected chi connectivity index (χ3v) is 3.62. The van der Waals surface area contributed by atoms with Crippen LogP contribution in [0.1, 0.15) is 85.0 Å². The summed E-state index contributed by atoms with van der Waals surface area (Å²) in [5, 5.41) is 0. The number of ether oxygens (including phenoxy) is 2. The zero-order chi connectivity index (χ0) is 16.3. The van der Waals surface area contributed by atoms with Gasteiger partial charge in [0.15, 0.2) is 6.29 Å². The highest BCUT2D eigenvalue weighted by Crippen LogP contribution is 2.11. The molecule has 0 spiro atoms. The molecule has 0 heterocycles. The number of unbranched alkanes of at least 4 members (excludes halogenated alkanes) is 7. The average Bonchev–Trinajstić information content (AvgIpc) is 2.52. The molecule has 0 aliphatic carbocycles. The van der Waals surface area contributed by atoms with E-state index in [2.05, 4.69) is 31.2 Å². The molecule has 0 aromatic heterocycles. The Bertz CT molecular complexity index is 252. The highest BCUT2D eigenvalue weighted by atomic mass is 16.7. The lowest BCUT2D eigenvalue weighted by Gasteiger charge is -2.16. The van der Waals surface area contributed by atoms with Gasteiger partial charge >= 0.3 is 0 Å². The predicted molar refractivity (Wildman–Crippen MR) is 97.2 cm³/mol. The second-order valence-corrected chi connectivity index (χ2v) is 5.68. The standard InChI is InChI=1S/C20H38O2/c1-4-7-8-9-10-11-12-13-14-15-16-17-18-19-20(21-5-2)22-6-3/h9-12,20H,4-8,13-19H2,1-3H3. The molecule has 0 saturated heterocycles. The Morgan fingerprint density at radius 1 is 0.682 bits per heavy atom. The van der Waals surface area contributed by atoms with Crippen molar-refractivity contribution in [2.75, 3.05) is 13.2 Å². The first kappa shape index (κ1) is 21.4. The Balaban J connectivity index is 3.35. The monoisotopic (exact) mass is 310 g/mol. The Kier molecular flexibility index (Phi) is 17.9. The van der Waals surface area contributed by atoms with Gasteiger partial charge in [0.05, 0.1) is 0 Å². The van der Waals surface area contributed by atoms with Crippen molar-refractivity contribution in [3.05, 3.63) is 24.3 Å². The van der Waals surface area contributed by atoms with Crippen molar-refractivity contribution < 1.29 is 9.47 Å². The first-order valence-corrected chi connectivity index (χ1v) is 9.39. The van der Waals surface area contributed by atoms with E-state index in [0.29, 0.717) is 0 Å². The van der Waals surface area contributed by atoms with Crippen LogP contribution in [-0.2, 0) is 9.47 Å². The van der Waals surface area contributed by atoms with E-state index in [-0.39, 0.29) is 6.29 Å². The summed E-state index contributed by atoms with van der Waals surface area (Å²) in [7, 11) is 0. The molecule has 0 aromatic carbocycles. The van der Waals surface area contributed by atoms with Crippen molar-refractivity contribution >= 4 is 0 Å². The molecule has 0 rings (SSSR count). The smallest absolute Gasteiger partial charge is 0.157 e. The molecule has 2 heteroatoms. The molecule has 0 bridgehead atoms. The molecule has 2 nitrogen and oxygen atoms in total. The molecule has 0 N–H and O–H groups in total. The summed E-state index contributed by atoms with van der Waals surface area (Å²) in [6, 6.07) is 0. The summed E-state index contributed by atoms with van der Waals surface area (Å²) in [5.41, 5.74) is 0. The summed E-state index contributed by atoms with van der Waals surface area (Å²) < 4.78 is 11.1. The van der Waals surface area contributed by atoms with Gasteiger partial charge in [-0.15, -0.1) is 0 Å². The molecule has 0 atom stereocenters. The van der Waals surface area contributed by atoms with Crippen molar-refractivity contribution in [3.8, 4) is 0 Å². The molecule has 0 fully saturated rings. The lowest BCUT2D eigenvalue weighted by atomic mass is 10.1. The molecule has 130 valence electrons. The summed E-state index contributed by atoms with van der Waals surface area (Å²) in [6.45, 7) is 7.77. The SMILES string of the molecule is CCCCC=CC=CCCCCCCCC(OCC)OCC. The molecule has 0 aromatic rings. The Labute approximate surface area is 139 Å². The lowest BCUT2D eigenvalue weighted by Crippen LogP contribution is -2.17. The van der Waals surface area contributed by atoms with Crippen LogP contribution < -0.4 is 0 Å². The molecule has 0 unspecified atom stereocenters. The summed E-state index contributed by atoms with van der Waals surface area (Å²) >= 11 is 0. The molecule has 0 aliphatic rings. The fourth-order valence-corrected chi connectivity index (χ4v) is 2.36. The molecule has 0 radical (unpaired) electrons. The zero-order valence-electron chi connectivity index (χ0n) is 15.2. The van der Waals surface area contributed by atoms with Crippen LogP contribution in [0.15, 0.2) is 24.3 Å². The van der Waals surface area contributed by atoms with Crippen LogP contribution in [0, 0.1) is 0 Å². The van der Waals surface area contributed by atoms with Gasteiger partial charge in [0, 0.05) is 13.2 Å². The number of rotatable bonds is 16. The Morgan fingerprint density at radius 3 is 1.82 bits per heavy atom. The largest absolute Gasteiger partial charge is 0.353 e. The van der Waals surface area contributed by atoms with Crippen molar-refractivity contribution in [2.24, 2.45) is 0 Å². The maximum absolute atomic E-state index is 5.55. The minimum absolute atomic E-state index is 0.0115. The minimum Gasteiger partial charge on any atom is -0.353 e. The molecule has 0 saturated carbocycles. The second kappa shape index (κ2) is 18.4. The van der Waals surface area contributed by atoms with Gasteiger partial charge in [-0.1, -0.05) is 63.3 Å². The van der Waals surface area contributed by atoms with Crippen LogP contribution in [0.4, 0.5) is 0 Å². The fourth-order valence-electron chi connectivity index (χ4n) is 2.36. The van der Waals surface area contributed by atoms with E-state index in [4.69, 9.17) is 9.47 Å². The van der Waals surface area contributed by atoms with Gasteiger partial charge in [-0.2, -0.15) is 0 Å². The Morgan fingerprint density at radius 2 is 1.23 bits per heavy atom. The first-order valence-electron chi connectivity index (χ1n) is 9.39. The number of hydrogen-bond acceptors (Lipinski definition) is 2. The number of hydrogen-bond donors (Lipinski definition) is 0. The number of allylic oxidation sites excluding steroid dienone is 4. The summed E-state index contributed by atoms with van der Waals surface area (Å²) in [4.78, 5) is 0. The van der Waals surface area contributed by atoms with E-state index < -0.39 is 0 Å². The summed E-state index contributed by atoms with van der Waals surface area (Å²) in [6.07, 6.45) is 21.5. The fraction of sp³-hybridized carbons (Fsp3) is 0.800. The zero-order valence-corrected chi connectivity index (χ0v) is 15.2. The van der Waals surface area contributed by atoms with E-state index in [1.165, 1.54) is 57.8 Å². The quantitative estimate of drug-likeness (QED) is 0.186. The van der Waals surface area contributed by atoms with E-state index >= 15 is 0 Å². The maximum atomic E-state index is 5.55. The molecular formula is C20H38O2. The lowest BCUT2D eigenvalue weighted by molar-refractivity contribution is -0.140. The molecule has 22 heavy (non-hydrogen) atoms. The third-order valence-electron chi connectivity index (χ3n) is 3.62. The van der Waals surface area contributed by atoms with Gasteiger partial charge in [0.2, 0.25) is 0 Å². The van der Waals surface area contributed by atoms with Crippen molar-refractivity contribution in [3.63, 3.8) is 0 Å². The van der Waals surface area contributed by atoms with Gasteiger partial charge < -0.3 is 9.47 Å². The van der Waals surface area contributed by atoms with Gasteiger partial charge in [-0.3, -0.25) is 0 Å². The normalized spacial score (nSPS) is 12.2. The first-order chi connectivity index (χ1) is 10.8. The third kappa shape index (κ3) is 15.8. The predicted octanol–water partition coefficient (Wildman–Crippen LogP) is 6.42. The topological polar surface area (TPSA) is 18.5 Å². The van der Waals surface area contributed by atoms with Crippen molar-refractivity contribution in [1.82, 2.24) is 0 Å².